The molecule has 0 aromatic carbocycles. The molecule has 1 aromatic heterocycles. The van der Waals surface area contributed by atoms with Crippen molar-refractivity contribution < 1.29 is 9.90 Å². The number of aromatic nitrogens is 1. The van der Waals surface area contributed by atoms with Crippen molar-refractivity contribution in [2.24, 2.45) is 0 Å². The highest BCUT2D eigenvalue weighted by Crippen LogP contribution is 2.11. The summed E-state index contributed by atoms with van der Waals surface area (Å²) < 4.78 is 0. The van der Waals surface area contributed by atoms with E-state index < -0.39 is 12.0 Å². The highest BCUT2D eigenvalue weighted by molar-refractivity contribution is 5.75. The van der Waals surface area contributed by atoms with E-state index in [1.165, 1.54) is 6.20 Å². The number of carboxylic acid groups (broad SMARTS) is 1. The van der Waals surface area contributed by atoms with Gasteiger partial charge in [0.2, 0.25) is 0 Å². The Morgan fingerprint density at radius 2 is 2.47 bits per heavy atom. The van der Waals surface area contributed by atoms with Crippen LogP contribution in [0.3, 0.4) is 0 Å². The van der Waals surface area contributed by atoms with E-state index in [-0.39, 0.29) is 6.54 Å². The van der Waals surface area contributed by atoms with Crippen LogP contribution in [0.15, 0.2) is 18.3 Å². The molecule has 0 radical (unpaired) electrons. The van der Waals surface area contributed by atoms with Crippen molar-refractivity contribution in [1.29, 1.82) is 0 Å². The maximum Gasteiger partial charge on any atom is 0.325 e. The second-order valence-corrected chi connectivity index (χ2v) is 3.09. The molecule has 2 N–H and O–H groups in total. The summed E-state index contributed by atoms with van der Waals surface area (Å²) in [5.74, 6) is 1.38. The summed E-state index contributed by atoms with van der Waals surface area (Å²) in [5.41, 5.74) is 1.45. The van der Waals surface area contributed by atoms with Gasteiger partial charge in [-0.15, -0.1) is 6.42 Å². The highest BCUT2D eigenvalue weighted by Gasteiger charge is 2.18. The summed E-state index contributed by atoms with van der Waals surface area (Å²) >= 11 is 0. The summed E-state index contributed by atoms with van der Waals surface area (Å²) in [4.78, 5) is 15.0. The molecule has 1 aromatic rings. The average molecular weight is 204 g/mol. The minimum Gasteiger partial charge on any atom is -0.480 e. The predicted octanol–water partition coefficient (Wildman–Crippen LogP) is 0.739. The van der Waals surface area contributed by atoms with Crippen LogP contribution in [0, 0.1) is 19.3 Å². The highest BCUT2D eigenvalue weighted by atomic mass is 16.4. The summed E-state index contributed by atoms with van der Waals surface area (Å²) in [5, 5.41) is 11.7. The predicted molar refractivity (Wildman–Crippen MR) is 56.2 cm³/mol. The Balaban J connectivity index is 2.85. The molecule has 0 spiro atoms. The first-order valence-electron chi connectivity index (χ1n) is 4.47. The third-order valence-corrected chi connectivity index (χ3v) is 1.92. The maximum atomic E-state index is 10.9. The fourth-order valence-electron chi connectivity index (χ4n) is 1.16. The summed E-state index contributed by atoms with van der Waals surface area (Å²) in [6, 6.07) is 2.70. The molecule has 4 nitrogen and oxygen atoms in total. The minimum atomic E-state index is -0.962. The molecule has 0 bridgehead atoms. The van der Waals surface area contributed by atoms with E-state index in [4.69, 9.17) is 11.5 Å². The van der Waals surface area contributed by atoms with Crippen molar-refractivity contribution in [2.75, 3.05) is 6.54 Å². The Bertz CT molecular complexity index is 379. The topological polar surface area (TPSA) is 62.2 Å². The number of terminal acetylenes is 1. The van der Waals surface area contributed by atoms with Gasteiger partial charge in [0.1, 0.15) is 6.04 Å². The van der Waals surface area contributed by atoms with Crippen LogP contribution < -0.4 is 5.32 Å². The smallest absolute Gasteiger partial charge is 0.325 e. The van der Waals surface area contributed by atoms with E-state index in [1.54, 1.807) is 12.1 Å². The summed E-state index contributed by atoms with van der Waals surface area (Å²) in [6.07, 6.45) is 6.60. The van der Waals surface area contributed by atoms with Gasteiger partial charge in [-0.3, -0.25) is 15.1 Å². The van der Waals surface area contributed by atoms with Crippen molar-refractivity contribution in [3.8, 4) is 12.3 Å². The first kappa shape index (κ1) is 11.2. The number of aryl methyl sites for hydroxylation is 1. The second-order valence-electron chi connectivity index (χ2n) is 3.09. The van der Waals surface area contributed by atoms with Crippen molar-refractivity contribution in [2.45, 2.75) is 13.0 Å². The van der Waals surface area contributed by atoms with Gasteiger partial charge in [-0.1, -0.05) is 12.0 Å². The molecule has 1 atom stereocenters. The molecular weight excluding hydrogens is 192 g/mol. The van der Waals surface area contributed by atoms with E-state index in [1.807, 2.05) is 6.92 Å². The molecule has 1 rings (SSSR count). The van der Waals surface area contributed by atoms with Crippen LogP contribution in [-0.2, 0) is 4.79 Å². The SMILES string of the molecule is C#CCNC(C(=O)O)c1ccc(C)nc1. The number of nitrogens with one attached hydrogen (secondary N) is 1. The van der Waals surface area contributed by atoms with Crippen molar-refractivity contribution in [1.82, 2.24) is 10.3 Å². The zero-order valence-corrected chi connectivity index (χ0v) is 8.40. The van der Waals surface area contributed by atoms with E-state index in [0.29, 0.717) is 5.56 Å². The van der Waals surface area contributed by atoms with Crippen molar-refractivity contribution in [3.05, 3.63) is 29.6 Å². The summed E-state index contributed by atoms with van der Waals surface area (Å²) in [7, 11) is 0. The lowest BCUT2D eigenvalue weighted by atomic mass is 10.1. The van der Waals surface area contributed by atoms with Gasteiger partial charge in [0.25, 0.3) is 0 Å². The monoisotopic (exact) mass is 204 g/mol. The standard InChI is InChI=1S/C11H12N2O2/c1-3-6-12-10(11(14)15)9-5-4-8(2)13-7-9/h1,4-5,7,10,12H,6H2,2H3,(H,14,15). The van der Waals surface area contributed by atoms with Gasteiger partial charge >= 0.3 is 5.97 Å². The lowest BCUT2D eigenvalue weighted by molar-refractivity contribution is -0.139. The number of pyridine rings is 1. The third kappa shape index (κ3) is 3.08. The molecule has 78 valence electrons. The van der Waals surface area contributed by atoms with Gasteiger partial charge in [0.15, 0.2) is 0 Å². The number of carboxylic acids is 1. The van der Waals surface area contributed by atoms with Gasteiger partial charge in [0, 0.05) is 11.9 Å². The quantitative estimate of drug-likeness (QED) is 0.710. The molecule has 0 aliphatic heterocycles. The second kappa shape index (κ2) is 5.13. The molecule has 1 heterocycles. The number of carbonyl (C=O) groups is 1. The number of hydrogen-bond acceptors (Lipinski definition) is 3. The Labute approximate surface area is 88.3 Å². The molecule has 0 aliphatic rings. The molecule has 0 amide bonds. The van der Waals surface area contributed by atoms with Crippen LogP contribution in [-0.4, -0.2) is 22.6 Å². The Kier molecular flexibility index (Phi) is 3.83. The third-order valence-electron chi connectivity index (χ3n) is 1.92. The Morgan fingerprint density at radius 1 is 1.73 bits per heavy atom. The molecule has 4 heteroatoms. The number of hydrogen-bond donors (Lipinski definition) is 2. The minimum absolute atomic E-state index is 0.213. The van der Waals surface area contributed by atoms with E-state index in [2.05, 4.69) is 16.2 Å². The van der Waals surface area contributed by atoms with Gasteiger partial charge < -0.3 is 5.11 Å². The van der Waals surface area contributed by atoms with E-state index in [0.717, 1.165) is 5.69 Å². The van der Waals surface area contributed by atoms with Gasteiger partial charge in [0.05, 0.1) is 6.54 Å². The lowest BCUT2D eigenvalue weighted by Gasteiger charge is -2.12. The number of nitrogens with zero attached hydrogens (tertiary/aromatic N) is 1. The Morgan fingerprint density at radius 3 is 2.93 bits per heavy atom. The van der Waals surface area contributed by atoms with Gasteiger partial charge in [-0.2, -0.15) is 0 Å². The molecule has 1 unspecified atom stereocenters. The maximum absolute atomic E-state index is 10.9. The molecule has 0 fully saturated rings. The molecule has 15 heavy (non-hydrogen) atoms. The van der Waals surface area contributed by atoms with Crippen molar-refractivity contribution in [3.63, 3.8) is 0 Å². The van der Waals surface area contributed by atoms with E-state index in [9.17, 15) is 4.79 Å². The van der Waals surface area contributed by atoms with Crippen LogP contribution in [0.25, 0.3) is 0 Å². The number of aliphatic carboxylic acids is 1. The fraction of sp³-hybridized carbons (Fsp3) is 0.273. The van der Waals surface area contributed by atoms with Crippen LogP contribution in [0.2, 0.25) is 0 Å². The zero-order chi connectivity index (χ0) is 11.3. The fourth-order valence-corrected chi connectivity index (χ4v) is 1.16. The average Bonchev–Trinajstić information content (AvgIpc) is 2.21. The zero-order valence-electron chi connectivity index (χ0n) is 8.40. The largest absolute Gasteiger partial charge is 0.480 e. The molecular formula is C11H12N2O2. The Hall–Kier alpha value is -1.86. The van der Waals surface area contributed by atoms with Crippen LogP contribution in [0.4, 0.5) is 0 Å². The first-order valence-corrected chi connectivity index (χ1v) is 4.47. The molecule has 0 saturated carbocycles. The summed E-state index contributed by atoms with van der Waals surface area (Å²) in [6.45, 7) is 2.05. The van der Waals surface area contributed by atoms with Crippen LogP contribution >= 0.6 is 0 Å². The van der Waals surface area contributed by atoms with Crippen LogP contribution in [0.5, 0.6) is 0 Å². The molecule has 0 aliphatic carbocycles. The first-order chi connectivity index (χ1) is 7.15. The van der Waals surface area contributed by atoms with Gasteiger partial charge in [-0.05, 0) is 18.6 Å². The van der Waals surface area contributed by atoms with E-state index >= 15 is 0 Å². The molecule has 0 saturated heterocycles. The normalized spacial score (nSPS) is 11.7. The lowest BCUT2D eigenvalue weighted by Crippen LogP contribution is -2.28. The number of rotatable bonds is 4. The van der Waals surface area contributed by atoms with Gasteiger partial charge in [-0.25, -0.2) is 0 Å². The van der Waals surface area contributed by atoms with Crippen molar-refractivity contribution >= 4 is 5.97 Å². The van der Waals surface area contributed by atoms with Crippen LogP contribution in [0.1, 0.15) is 17.3 Å².